The van der Waals surface area contributed by atoms with Crippen LogP contribution in [0.15, 0.2) is 6.33 Å². The Kier molecular flexibility index (Phi) is 3.15. The fourth-order valence-corrected chi connectivity index (χ4v) is 3.57. The Bertz CT molecular complexity index is 652. The van der Waals surface area contributed by atoms with E-state index in [1.807, 2.05) is 0 Å². The highest BCUT2D eigenvalue weighted by Crippen LogP contribution is 2.44. The van der Waals surface area contributed by atoms with Crippen molar-refractivity contribution in [2.45, 2.75) is 22.9 Å². The number of aromatic nitrogens is 4. The van der Waals surface area contributed by atoms with Crippen molar-refractivity contribution >= 4 is 34.7 Å². The number of rotatable bonds is 2. The number of fused-ring (bicyclic) bond motifs is 1. The molecule has 1 aliphatic rings. The number of hydrogen-bond acceptors (Lipinski definition) is 8. The predicted octanol–water partition coefficient (Wildman–Crippen LogP) is -0.704. The molecule has 8 nitrogen and oxygen atoms in total. The van der Waals surface area contributed by atoms with Crippen LogP contribution in [-0.2, 0) is 0 Å². The van der Waals surface area contributed by atoms with Crippen LogP contribution in [-0.4, -0.2) is 53.9 Å². The number of hydrogen-bond donors (Lipinski definition) is 4. The SMILES string of the molecule is Nc1nc(N)c2ncn([C@@H]3S[C@H](CO)[C@@H](O)[C@@H]3F)c2n1. The Balaban J connectivity index is 2.07. The van der Waals surface area contributed by atoms with E-state index >= 15 is 0 Å². The highest BCUT2D eigenvalue weighted by molar-refractivity contribution is 8.00. The molecule has 3 heterocycles. The van der Waals surface area contributed by atoms with Gasteiger partial charge >= 0.3 is 0 Å². The van der Waals surface area contributed by atoms with Crippen LogP contribution in [0, 0.1) is 0 Å². The molecular formula is C10H13FN6O2S. The van der Waals surface area contributed by atoms with Gasteiger partial charge in [-0.25, -0.2) is 9.37 Å². The van der Waals surface area contributed by atoms with Gasteiger partial charge in [0.15, 0.2) is 17.6 Å². The lowest BCUT2D eigenvalue weighted by Gasteiger charge is -2.15. The Morgan fingerprint density at radius 2 is 2.15 bits per heavy atom. The van der Waals surface area contributed by atoms with E-state index in [2.05, 4.69) is 15.0 Å². The first kappa shape index (κ1) is 13.3. The van der Waals surface area contributed by atoms with Gasteiger partial charge in [0, 0.05) is 0 Å². The summed E-state index contributed by atoms with van der Waals surface area (Å²) in [6, 6.07) is 0. The molecule has 0 aliphatic carbocycles. The van der Waals surface area contributed by atoms with Gasteiger partial charge in [0.2, 0.25) is 5.95 Å². The summed E-state index contributed by atoms with van der Waals surface area (Å²) in [6.45, 7) is -0.311. The Hall–Kier alpha value is -1.65. The van der Waals surface area contributed by atoms with Crippen molar-refractivity contribution in [2.24, 2.45) is 0 Å². The zero-order valence-electron chi connectivity index (χ0n) is 10.2. The van der Waals surface area contributed by atoms with E-state index in [-0.39, 0.29) is 18.4 Å². The van der Waals surface area contributed by atoms with Crippen LogP contribution in [0.2, 0.25) is 0 Å². The minimum Gasteiger partial charge on any atom is -0.395 e. The van der Waals surface area contributed by atoms with Gasteiger partial charge < -0.3 is 21.7 Å². The smallest absolute Gasteiger partial charge is 0.224 e. The van der Waals surface area contributed by atoms with E-state index in [0.717, 1.165) is 11.8 Å². The molecule has 2 aromatic rings. The second kappa shape index (κ2) is 4.72. The zero-order chi connectivity index (χ0) is 14.4. The van der Waals surface area contributed by atoms with Crippen LogP contribution in [0.3, 0.4) is 0 Å². The summed E-state index contributed by atoms with van der Waals surface area (Å²) < 4.78 is 15.6. The first-order chi connectivity index (χ1) is 9.52. The minimum atomic E-state index is -1.55. The molecule has 108 valence electrons. The van der Waals surface area contributed by atoms with Crippen molar-refractivity contribution in [3.63, 3.8) is 0 Å². The first-order valence-electron chi connectivity index (χ1n) is 5.87. The van der Waals surface area contributed by atoms with Crippen molar-refractivity contribution < 1.29 is 14.6 Å². The number of nitrogen functional groups attached to an aromatic ring is 2. The van der Waals surface area contributed by atoms with Crippen molar-refractivity contribution in [3.05, 3.63) is 6.33 Å². The minimum absolute atomic E-state index is 0.0330. The average Bonchev–Trinajstić information content (AvgIpc) is 2.93. The van der Waals surface area contributed by atoms with Gasteiger partial charge in [-0.3, -0.25) is 4.57 Å². The molecule has 1 aliphatic heterocycles. The number of anilines is 2. The summed E-state index contributed by atoms with van der Waals surface area (Å²) in [5.74, 6) is 0.0818. The summed E-state index contributed by atoms with van der Waals surface area (Å²) in [7, 11) is 0. The van der Waals surface area contributed by atoms with Gasteiger partial charge in [0.25, 0.3) is 0 Å². The molecule has 0 aromatic carbocycles. The second-order valence-corrected chi connectivity index (χ2v) is 5.83. The average molecular weight is 300 g/mol. The maximum Gasteiger partial charge on any atom is 0.224 e. The van der Waals surface area contributed by atoms with Crippen LogP contribution in [0.25, 0.3) is 11.2 Å². The molecule has 1 fully saturated rings. The number of alkyl halides is 1. The van der Waals surface area contributed by atoms with Gasteiger partial charge in [-0.05, 0) is 0 Å². The Morgan fingerprint density at radius 1 is 1.40 bits per heavy atom. The van der Waals surface area contributed by atoms with Gasteiger partial charge in [0.05, 0.1) is 18.2 Å². The lowest BCUT2D eigenvalue weighted by atomic mass is 10.1. The summed E-state index contributed by atoms with van der Waals surface area (Å²) >= 11 is 1.12. The quantitative estimate of drug-likeness (QED) is 0.571. The highest BCUT2D eigenvalue weighted by Gasteiger charge is 2.45. The van der Waals surface area contributed by atoms with Gasteiger partial charge in [-0.15, -0.1) is 11.8 Å². The molecule has 0 amide bonds. The molecule has 4 atom stereocenters. The largest absolute Gasteiger partial charge is 0.395 e. The molecule has 0 bridgehead atoms. The highest BCUT2D eigenvalue weighted by atomic mass is 32.2. The molecule has 0 unspecified atom stereocenters. The Morgan fingerprint density at radius 3 is 2.80 bits per heavy atom. The van der Waals surface area contributed by atoms with Crippen LogP contribution in [0.1, 0.15) is 5.37 Å². The van der Waals surface area contributed by atoms with E-state index in [1.165, 1.54) is 10.9 Å². The third kappa shape index (κ3) is 1.87. The van der Waals surface area contributed by atoms with Crippen LogP contribution in [0.5, 0.6) is 0 Å². The van der Waals surface area contributed by atoms with E-state index in [9.17, 15) is 9.50 Å². The van der Waals surface area contributed by atoms with Gasteiger partial charge in [-0.2, -0.15) is 9.97 Å². The lowest BCUT2D eigenvalue weighted by molar-refractivity contribution is 0.0642. The van der Waals surface area contributed by atoms with E-state index in [4.69, 9.17) is 16.6 Å². The van der Waals surface area contributed by atoms with Crippen LogP contribution < -0.4 is 11.5 Å². The number of aliphatic hydroxyl groups excluding tert-OH is 2. The number of nitrogens with two attached hydrogens (primary N) is 2. The molecule has 10 heteroatoms. The van der Waals surface area contributed by atoms with E-state index in [1.54, 1.807) is 0 Å². The number of aliphatic hydroxyl groups is 2. The zero-order valence-corrected chi connectivity index (χ0v) is 11.0. The molecular weight excluding hydrogens is 287 g/mol. The van der Waals surface area contributed by atoms with Crippen molar-refractivity contribution in [1.29, 1.82) is 0 Å². The molecule has 6 N–H and O–H groups in total. The fourth-order valence-electron chi connectivity index (χ4n) is 2.22. The van der Waals surface area contributed by atoms with Crippen LogP contribution in [0.4, 0.5) is 16.2 Å². The fraction of sp³-hybridized carbons (Fsp3) is 0.500. The second-order valence-electron chi connectivity index (χ2n) is 4.47. The molecule has 2 aromatic heterocycles. The lowest BCUT2D eigenvalue weighted by Crippen LogP contribution is -2.29. The number of thioether (sulfide) groups is 1. The first-order valence-corrected chi connectivity index (χ1v) is 6.81. The van der Waals surface area contributed by atoms with Crippen molar-refractivity contribution in [2.75, 3.05) is 18.1 Å². The topological polar surface area (TPSA) is 136 Å². The molecule has 0 spiro atoms. The van der Waals surface area contributed by atoms with E-state index < -0.39 is 22.9 Å². The van der Waals surface area contributed by atoms with Crippen molar-refractivity contribution in [3.8, 4) is 0 Å². The van der Waals surface area contributed by atoms with E-state index in [0.29, 0.717) is 11.2 Å². The third-order valence-corrected chi connectivity index (χ3v) is 4.76. The molecule has 20 heavy (non-hydrogen) atoms. The number of nitrogens with zero attached hydrogens (tertiary/aromatic N) is 4. The molecule has 0 saturated carbocycles. The summed E-state index contributed by atoms with van der Waals surface area (Å²) in [6.07, 6.45) is -1.41. The third-order valence-electron chi connectivity index (χ3n) is 3.21. The summed E-state index contributed by atoms with van der Waals surface area (Å²) in [4.78, 5) is 11.8. The predicted molar refractivity (Wildman–Crippen MR) is 72.6 cm³/mol. The molecule has 3 rings (SSSR count). The summed E-state index contributed by atoms with van der Waals surface area (Å²) in [5, 5.41) is 17.5. The maximum atomic E-state index is 14.2. The summed E-state index contributed by atoms with van der Waals surface area (Å²) in [5.41, 5.74) is 11.9. The van der Waals surface area contributed by atoms with Crippen molar-refractivity contribution in [1.82, 2.24) is 19.5 Å². The Labute approximate surface area is 117 Å². The molecule has 1 saturated heterocycles. The van der Waals surface area contributed by atoms with Gasteiger partial charge in [0.1, 0.15) is 17.0 Å². The molecule has 0 radical (unpaired) electrons. The number of halogens is 1. The van der Waals surface area contributed by atoms with Crippen LogP contribution >= 0.6 is 11.8 Å². The van der Waals surface area contributed by atoms with Gasteiger partial charge in [-0.1, -0.05) is 0 Å². The maximum absolute atomic E-state index is 14.2. The normalized spacial score (nSPS) is 30.1. The number of imidazole rings is 1. The standard InChI is InChI=1S/C10H13FN6O2S/c11-4-6(19)3(1-18)20-9(4)17-2-14-5-7(12)15-10(13)16-8(5)17/h2-4,6,9,18-19H,1H2,(H4,12,13,15,16)/t3-,4+,6-,9-/m1/s1. The monoisotopic (exact) mass is 300 g/mol.